The van der Waals surface area contributed by atoms with E-state index in [-0.39, 0.29) is 0 Å². The normalized spacial score (nSPS) is 21.2. The van der Waals surface area contributed by atoms with Crippen LogP contribution in [0.5, 0.6) is 0 Å². The molecule has 2 bridgehead atoms. The number of anilines is 3. The number of guanidine groups is 1. The predicted octanol–water partition coefficient (Wildman–Crippen LogP) is 5.08. The highest BCUT2D eigenvalue weighted by Crippen LogP contribution is 2.38. The molecular weight excluding hydrogens is 484 g/mol. The first kappa shape index (κ1) is 25.6. The maximum Gasteiger partial charge on any atom is 0.208 e. The lowest BCUT2D eigenvalue weighted by atomic mass is 10.00. The maximum absolute atomic E-state index is 5.12. The molecule has 2 N–H and O–H groups in total. The molecule has 1 atom stereocenters. The Kier molecular flexibility index (Phi) is 7.12. The van der Waals surface area contributed by atoms with Crippen molar-refractivity contribution in [3.8, 4) is 11.3 Å². The number of nitrogens with one attached hydrogen (secondary N) is 2. The first-order chi connectivity index (χ1) is 19.0. The minimum atomic E-state index is 0.518. The van der Waals surface area contributed by atoms with Crippen molar-refractivity contribution < 1.29 is 0 Å². The number of piperazine rings is 1. The van der Waals surface area contributed by atoms with Crippen molar-refractivity contribution >= 4 is 28.7 Å². The highest BCUT2D eigenvalue weighted by atomic mass is 15.4. The van der Waals surface area contributed by atoms with Crippen LogP contribution in [0.3, 0.4) is 0 Å². The average molecular weight is 525 g/mol. The number of aliphatic imine (C=N–C) groups is 1. The van der Waals surface area contributed by atoms with Crippen LogP contribution in [0.2, 0.25) is 0 Å². The summed E-state index contributed by atoms with van der Waals surface area (Å²) in [5.74, 6) is 1.37. The Morgan fingerprint density at radius 2 is 1.95 bits per heavy atom. The Morgan fingerprint density at radius 1 is 1.10 bits per heavy atom. The molecule has 0 unspecified atom stereocenters. The number of hydrogen-bond acceptors (Lipinski definition) is 7. The second-order valence-corrected chi connectivity index (χ2v) is 11.1. The zero-order valence-corrected chi connectivity index (χ0v) is 23.5. The second kappa shape index (κ2) is 10.8. The van der Waals surface area contributed by atoms with E-state index in [0.717, 1.165) is 98.3 Å². The van der Waals surface area contributed by atoms with Crippen LogP contribution in [0, 0.1) is 5.92 Å². The number of hydrogen-bond donors (Lipinski definition) is 2. The number of nitrogens with zero attached hydrogens (tertiary/aromatic N) is 6. The lowest BCUT2D eigenvalue weighted by Gasteiger charge is -2.30. The third-order valence-electron chi connectivity index (χ3n) is 8.26. The minimum absolute atomic E-state index is 0.518. The molecule has 0 radical (unpaired) electrons. The topological polar surface area (TPSA) is 73.6 Å². The van der Waals surface area contributed by atoms with Gasteiger partial charge in [-0.3, -0.25) is 9.67 Å². The molecule has 0 spiro atoms. The lowest BCUT2D eigenvalue weighted by molar-refractivity contribution is 0.503. The smallest absolute Gasteiger partial charge is 0.208 e. The fourth-order valence-electron chi connectivity index (χ4n) is 5.97. The molecule has 2 aromatic heterocycles. The van der Waals surface area contributed by atoms with E-state index in [1.165, 1.54) is 23.5 Å². The van der Waals surface area contributed by atoms with Gasteiger partial charge in [0.05, 0.1) is 29.0 Å². The van der Waals surface area contributed by atoms with Gasteiger partial charge < -0.3 is 20.4 Å². The summed E-state index contributed by atoms with van der Waals surface area (Å²) >= 11 is 0. The monoisotopic (exact) mass is 524 g/mol. The Balaban J connectivity index is 1.40. The van der Waals surface area contributed by atoms with E-state index in [4.69, 9.17) is 9.98 Å². The molecule has 204 valence electrons. The van der Waals surface area contributed by atoms with Gasteiger partial charge in [-0.2, -0.15) is 5.10 Å². The molecule has 5 heterocycles. The van der Waals surface area contributed by atoms with E-state index in [1.54, 1.807) is 0 Å². The van der Waals surface area contributed by atoms with Gasteiger partial charge in [0, 0.05) is 68.0 Å². The van der Waals surface area contributed by atoms with Gasteiger partial charge >= 0.3 is 0 Å². The van der Waals surface area contributed by atoms with Gasteiger partial charge in [-0.05, 0) is 61.9 Å². The van der Waals surface area contributed by atoms with Gasteiger partial charge in [0.1, 0.15) is 0 Å². The summed E-state index contributed by atoms with van der Waals surface area (Å²) in [4.78, 5) is 14.9. The molecule has 0 saturated carbocycles. The van der Waals surface area contributed by atoms with Gasteiger partial charge in [-0.25, -0.2) is 4.99 Å². The van der Waals surface area contributed by atoms with E-state index in [1.807, 2.05) is 17.9 Å². The molecule has 0 aliphatic carbocycles. The van der Waals surface area contributed by atoms with Gasteiger partial charge in [0.15, 0.2) is 0 Å². The van der Waals surface area contributed by atoms with Crippen molar-refractivity contribution in [2.24, 2.45) is 18.0 Å². The first-order valence-electron chi connectivity index (χ1n) is 14.4. The summed E-state index contributed by atoms with van der Waals surface area (Å²) in [6, 6.07) is 11.0. The van der Waals surface area contributed by atoms with Crippen LogP contribution in [0.25, 0.3) is 17.0 Å². The highest BCUT2D eigenvalue weighted by Gasteiger charge is 2.28. The van der Waals surface area contributed by atoms with Crippen LogP contribution < -0.4 is 20.4 Å². The molecule has 6 rings (SSSR count). The highest BCUT2D eigenvalue weighted by molar-refractivity contribution is 6.16. The van der Waals surface area contributed by atoms with Crippen molar-refractivity contribution in [1.82, 2.24) is 20.1 Å². The molecule has 1 fully saturated rings. The van der Waals surface area contributed by atoms with Crippen molar-refractivity contribution in [3.05, 3.63) is 60.1 Å². The van der Waals surface area contributed by atoms with Crippen LogP contribution in [0.1, 0.15) is 50.1 Å². The van der Waals surface area contributed by atoms with E-state index in [0.29, 0.717) is 5.92 Å². The Morgan fingerprint density at radius 3 is 2.77 bits per heavy atom. The Hall–Kier alpha value is -3.65. The SMILES string of the molecule is C=C1/N=C2\Nc3ccc(N4CCNCC4)cc3N2C[C@H](C)CCCCc2c(cnn2C)-c2cc1cc(CC)n2. The minimum Gasteiger partial charge on any atom is -0.369 e. The molecule has 1 aromatic carbocycles. The molecule has 8 nitrogen and oxygen atoms in total. The second-order valence-electron chi connectivity index (χ2n) is 11.1. The molecule has 8 heteroatoms. The number of pyridine rings is 1. The van der Waals surface area contributed by atoms with Crippen molar-refractivity contribution in [3.63, 3.8) is 0 Å². The largest absolute Gasteiger partial charge is 0.369 e. The predicted molar refractivity (Wildman–Crippen MR) is 161 cm³/mol. The van der Waals surface area contributed by atoms with Crippen LogP contribution in [0.15, 0.2) is 48.1 Å². The molecule has 3 aliphatic rings. The van der Waals surface area contributed by atoms with Gasteiger partial charge in [-0.1, -0.05) is 26.8 Å². The first-order valence-corrected chi connectivity index (χ1v) is 14.4. The number of aryl methyl sites for hydroxylation is 2. The zero-order valence-electron chi connectivity index (χ0n) is 23.5. The quantitative estimate of drug-likeness (QED) is 0.487. The van der Waals surface area contributed by atoms with Gasteiger partial charge in [0.2, 0.25) is 5.96 Å². The Bertz CT molecular complexity index is 1400. The van der Waals surface area contributed by atoms with Gasteiger partial charge in [0.25, 0.3) is 0 Å². The molecule has 3 aliphatic heterocycles. The standard InChI is InChI=1S/C31H40N8/c1-5-24-16-23-17-28(35-24)26-19-33-37(4)29(26)9-7-6-8-21(2)20-39-30-18-25(38-14-12-32-13-15-38)10-11-27(30)36-31(39)34-22(23)3/h10-11,16-19,21,32H,3,5-9,12-15,20H2,1-2,4H3,(H,34,36)/t21-/m1/s1. The van der Waals surface area contributed by atoms with Crippen molar-refractivity contribution in [2.75, 3.05) is 47.8 Å². The van der Waals surface area contributed by atoms with E-state index < -0.39 is 0 Å². The maximum atomic E-state index is 5.12. The summed E-state index contributed by atoms with van der Waals surface area (Å²) in [6.07, 6.45) is 7.28. The van der Waals surface area contributed by atoms with E-state index >= 15 is 0 Å². The third kappa shape index (κ3) is 5.17. The molecule has 0 amide bonds. The van der Waals surface area contributed by atoms with Crippen LogP contribution in [-0.4, -0.2) is 53.4 Å². The fourth-order valence-corrected chi connectivity index (χ4v) is 5.97. The number of fused-ring (bicyclic) bond motifs is 7. The average Bonchev–Trinajstić information content (AvgIpc) is 3.49. The third-order valence-corrected chi connectivity index (χ3v) is 8.26. The van der Waals surface area contributed by atoms with E-state index in [2.05, 4.69) is 76.3 Å². The molecule has 1 saturated heterocycles. The number of rotatable bonds is 2. The summed E-state index contributed by atoms with van der Waals surface area (Å²) < 4.78 is 2.01. The fraction of sp³-hybridized carbons (Fsp3) is 0.452. The number of aromatic nitrogens is 3. The lowest BCUT2D eigenvalue weighted by Crippen LogP contribution is -2.43. The summed E-state index contributed by atoms with van der Waals surface area (Å²) in [7, 11) is 2.04. The molecule has 3 aromatic rings. The summed E-state index contributed by atoms with van der Waals surface area (Å²) in [6.45, 7) is 14.0. The molecule has 39 heavy (non-hydrogen) atoms. The van der Waals surface area contributed by atoms with Crippen LogP contribution >= 0.6 is 0 Å². The van der Waals surface area contributed by atoms with Crippen LogP contribution in [0.4, 0.5) is 17.1 Å². The summed E-state index contributed by atoms with van der Waals surface area (Å²) in [5.41, 5.74) is 9.69. The zero-order chi connectivity index (χ0) is 26.9. The van der Waals surface area contributed by atoms with Gasteiger partial charge in [-0.15, -0.1) is 0 Å². The van der Waals surface area contributed by atoms with Crippen LogP contribution in [-0.2, 0) is 19.9 Å². The van der Waals surface area contributed by atoms with E-state index in [9.17, 15) is 0 Å². The molecular formula is C31H40N8. The summed E-state index contributed by atoms with van der Waals surface area (Å²) in [5, 5.41) is 11.7. The van der Waals surface area contributed by atoms with Crippen molar-refractivity contribution in [1.29, 1.82) is 0 Å². The Labute approximate surface area is 231 Å². The van der Waals surface area contributed by atoms with Crippen molar-refractivity contribution in [2.45, 2.75) is 46.0 Å². The number of benzene rings is 1.